The normalized spacial score (nSPS) is 10.6. The van der Waals surface area contributed by atoms with Crippen molar-refractivity contribution in [1.82, 2.24) is 10.7 Å². The van der Waals surface area contributed by atoms with Gasteiger partial charge in [0.05, 0.1) is 19.9 Å². The van der Waals surface area contributed by atoms with Gasteiger partial charge < -0.3 is 14.8 Å². The molecule has 0 radical (unpaired) electrons. The predicted octanol–water partition coefficient (Wildman–Crippen LogP) is 3.81. The summed E-state index contributed by atoms with van der Waals surface area (Å²) < 4.78 is 11.1. The number of amides is 2. The van der Waals surface area contributed by atoms with E-state index in [0.717, 1.165) is 11.3 Å². The Morgan fingerprint density at radius 2 is 1.84 bits per heavy atom. The van der Waals surface area contributed by atoms with Crippen molar-refractivity contribution in [2.24, 2.45) is 5.10 Å². The van der Waals surface area contributed by atoms with Gasteiger partial charge in [0.25, 0.3) is 11.8 Å². The zero-order valence-electron chi connectivity index (χ0n) is 17.4. The van der Waals surface area contributed by atoms with Gasteiger partial charge in [0.15, 0.2) is 0 Å². The van der Waals surface area contributed by atoms with Gasteiger partial charge in [-0.1, -0.05) is 41.9 Å². The van der Waals surface area contributed by atoms with E-state index in [1.165, 1.54) is 12.3 Å². The zero-order valence-corrected chi connectivity index (χ0v) is 18.1. The van der Waals surface area contributed by atoms with Crippen LogP contribution in [0.25, 0.3) is 0 Å². The lowest BCUT2D eigenvalue weighted by molar-refractivity contribution is -0.120. The molecule has 0 unspecified atom stereocenters. The van der Waals surface area contributed by atoms with Crippen LogP contribution in [-0.4, -0.2) is 31.7 Å². The van der Waals surface area contributed by atoms with Crippen LogP contribution in [-0.2, 0) is 11.4 Å². The first-order chi connectivity index (χ1) is 15.5. The minimum atomic E-state index is -0.466. The van der Waals surface area contributed by atoms with Crippen molar-refractivity contribution in [3.63, 3.8) is 0 Å². The molecule has 3 aromatic carbocycles. The van der Waals surface area contributed by atoms with E-state index in [1.807, 2.05) is 48.5 Å². The molecule has 0 bridgehead atoms. The molecule has 0 aliphatic carbocycles. The number of ether oxygens (including phenoxy) is 2. The number of nitrogens with zero attached hydrogens (tertiary/aromatic N) is 1. The van der Waals surface area contributed by atoms with Crippen molar-refractivity contribution >= 4 is 29.6 Å². The first-order valence-electron chi connectivity index (χ1n) is 9.75. The number of hydrogen-bond donors (Lipinski definition) is 2. The van der Waals surface area contributed by atoms with Crippen LogP contribution in [0.15, 0.2) is 77.9 Å². The van der Waals surface area contributed by atoms with Crippen LogP contribution in [0.2, 0.25) is 5.02 Å². The molecule has 2 amide bonds. The lowest BCUT2D eigenvalue weighted by Crippen LogP contribution is -2.34. The van der Waals surface area contributed by atoms with E-state index in [9.17, 15) is 9.59 Å². The van der Waals surface area contributed by atoms with Crippen molar-refractivity contribution < 1.29 is 19.1 Å². The van der Waals surface area contributed by atoms with Crippen molar-refractivity contribution in [2.75, 3.05) is 13.7 Å². The number of hydrazone groups is 1. The Labute approximate surface area is 191 Å². The molecule has 164 valence electrons. The molecule has 0 aromatic heterocycles. The highest BCUT2D eigenvalue weighted by atomic mass is 35.5. The molecule has 0 fully saturated rings. The van der Waals surface area contributed by atoms with Crippen LogP contribution < -0.4 is 20.2 Å². The molecule has 0 saturated carbocycles. The van der Waals surface area contributed by atoms with E-state index in [2.05, 4.69) is 15.8 Å². The third kappa shape index (κ3) is 6.85. The van der Waals surface area contributed by atoms with Gasteiger partial charge >= 0.3 is 0 Å². The lowest BCUT2D eigenvalue weighted by Gasteiger charge is -2.10. The van der Waals surface area contributed by atoms with Crippen LogP contribution in [0.3, 0.4) is 0 Å². The summed E-state index contributed by atoms with van der Waals surface area (Å²) in [4.78, 5) is 24.0. The molecule has 0 heterocycles. The number of carbonyl (C=O) groups is 2. The number of hydrogen-bond acceptors (Lipinski definition) is 5. The zero-order chi connectivity index (χ0) is 22.8. The highest BCUT2D eigenvalue weighted by Gasteiger charge is 2.08. The molecule has 0 aliphatic rings. The summed E-state index contributed by atoms with van der Waals surface area (Å²) in [6, 6.07) is 21.4. The second-order valence-corrected chi connectivity index (χ2v) is 7.10. The molecule has 0 saturated heterocycles. The fourth-order valence-corrected chi connectivity index (χ4v) is 2.94. The summed E-state index contributed by atoms with van der Waals surface area (Å²) in [7, 11) is 1.61. The van der Waals surface area contributed by atoms with Crippen molar-refractivity contribution in [3.8, 4) is 11.5 Å². The Kier molecular flexibility index (Phi) is 8.22. The molecule has 7 nitrogen and oxygen atoms in total. The maximum atomic E-state index is 12.1. The molecule has 2 N–H and O–H groups in total. The van der Waals surface area contributed by atoms with Crippen LogP contribution in [0.1, 0.15) is 21.5 Å². The number of carbonyl (C=O) groups excluding carboxylic acids is 2. The average molecular weight is 452 g/mol. The summed E-state index contributed by atoms with van der Waals surface area (Å²) >= 11 is 5.87. The van der Waals surface area contributed by atoms with Crippen LogP contribution in [0.4, 0.5) is 0 Å². The summed E-state index contributed by atoms with van der Waals surface area (Å²) in [5, 5.41) is 6.91. The predicted molar refractivity (Wildman–Crippen MR) is 123 cm³/mol. The standard InChI is InChI=1S/C24H22ClN3O4/c1-31-21-10-4-6-17(12-21)16-32-22-11-3-2-7-19(22)14-27-28-23(29)15-26-24(30)18-8-5-9-20(25)13-18/h2-14H,15-16H2,1H3,(H,26,30)(H,28,29). The Bertz CT molecular complexity index is 1120. The van der Waals surface area contributed by atoms with Gasteiger partial charge in [0.2, 0.25) is 0 Å². The van der Waals surface area contributed by atoms with Crippen molar-refractivity contribution in [1.29, 1.82) is 0 Å². The quantitative estimate of drug-likeness (QED) is 0.382. The number of benzene rings is 3. The SMILES string of the molecule is COc1cccc(COc2ccccc2C=NNC(=O)CNC(=O)c2cccc(Cl)c2)c1. The van der Waals surface area contributed by atoms with Crippen LogP contribution in [0.5, 0.6) is 11.5 Å². The van der Waals surface area contributed by atoms with E-state index in [4.69, 9.17) is 21.1 Å². The largest absolute Gasteiger partial charge is 0.497 e. The summed E-state index contributed by atoms with van der Waals surface area (Å²) in [5.74, 6) is 0.503. The van der Waals surface area contributed by atoms with Crippen molar-refractivity contribution in [3.05, 3.63) is 94.5 Å². The molecular weight excluding hydrogens is 430 g/mol. The maximum absolute atomic E-state index is 12.1. The molecule has 8 heteroatoms. The van der Waals surface area contributed by atoms with Crippen LogP contribution in [0, 0.1) is 0 Å². The third-order valence-corrected chi connectivity index (χ3v) is 4.57. The molecular formula is C24H22ClN3O4. The molecule has 3 rings (SSSR count). The highest BCUT2D eigenvalue weighted by Crippen LogP contribution is 2.19. The molecule has 32 heavy (non-hydrogen) atoms. The maximum Gasteiger partial charge on any atom is 0.259 e. The molecule has 0 aliphatic heterocycles. The second kappa shape index (κ2) is 11.5. The average Bonchev–Trinajstić information content (AvgIpc) is 2.82. The Morgan fingerprint density at radius 1 is 1.03 bits per heavy atom. The monoisotopic (exact) mass is 451 g/mol. The topological polar surface area (TPSA) is 89.0 Å². The summed E-state index contributed by atoms with van der Waals surface area (Å²) in [5.41, 5.74) is 4.41. The Morgan fingerprint density at radius 3 is 2.66 bits per heavy atom. The fourth-order valence-electron chi connectivity index (χ4n) is 2.75. The lowest BCUT2D eigenvalue weighted by atomic mass is 10.2. The smallest absolute Gasteiger partial charge is 0.259 e. The highest BCUT2D eigenvalue weighted by molar-refractivity contribution is 6.31. The van der Waals surface area contributed by atoms with E-state index in [0.29, 0.717) is 28.5 Å². The van der Waals surface area contributed by atoms with Gasteiger partial charge in [-0.05, 0) is 48.0 Å². The first-order valence-corrected chi connectivity index (χ1v) is 10.1. The molecule has 0 atom stereocenters. The van der Waals surface area contributed by atoms with Gasteiger partial charge in [-0.3, -0.25) is 9.59 Å². The van der Waals surface area contributed by atoms with Gasteiger partial charge in [0.1, 0.15) is 18.1 Å². The molecule has 3 aromatic rings. The number of rotatable bonds is 9. The number of para-hydroxylation sites is 1. The van der Waals surface area contributed by atoms with Crippen molar-refractivity contribution in [2.45, 2.75) is 6.61 Å². The first kappa shape index (κ1) is 22.8. The summed E-state index contributed by atoms with van der Waals surface area (Å²) in [6.45, 7) is 0.126. The van der Waals surface area contributed by atoms with E-state index in [1.54, 1.807) is 25.3 Å². The minimum Gasteiger partial charge on any atom is -0.497 e. The summed E-state index contributed by atoms with van der Waals surface area (Å²) in [6.07, 6.45) is 1.48. The molecule has 0 spiro atoms. The number of nitrogens with one attached hydrogen (secondary N) is 2. The fraction of sp³-hybridized carbons (Fsp3) is 0.125. The Hall–Kier alpha value is -3.84. The van der Waals surface area contributed by atoms with Gasteiger partial charge in [-0.15, -0.1) is 0 Å². The minimum absolute atomic E-state index is 0.226. The second-order valence-electron chi connectivity index (χ2n) is 6.66. The van der Waals surface area contributed by atoms with E-state index >= 15 is 0 Å². The van der Waals surface area contributed by atoms with Gasteiger partial charge in [0, 0.05) is 16.1 Å². The van der Waals surface area contributed by atoms with Crippen LogP contribution >= 0.6 is 11.6 Å². The van der Waals surface area contributed by atoms with E-state index in [-0.39, 0.29) is 6.54 Å². The van der Waals surface area contributed by atoms with Gasteiger partial charge in [-0.25, -0.2) is 5.43 Å². The number of halogens is 1. The van der Waals surface area contributed by atoms with E-state index < -0.39 is 11.8 Å². The number of methoxy groups -OCH3 is 1. The van der Waals surface area contributed by atoms with Gasteiger partial charge in [-0.2, -0.15) is 5.10 Å². The third-order valence-electron chi connectivity index (χ3n) is 4.34. The Balaban J connectivity index is 1.51.